The summed E-state index contributed by atoms with van der Waals surface area (Å²) in [5.41, 5.74) is 2.00. The minimum Gasteiger partial charge on any atom is -0.335 e. The van der Waals surface area contributed by atoms with Gasteiger partial charge in [-0.05, 0) is 42.8 Å². The highest BCUT2D eigenvalue weighted by Gasteiger charge is 2.22. The second kappa shape index (κ2) is 9.81. The van der Waals surface area contributed by atoms with E-state index < -0.39 is 6.03 Å². The molecule has 1 heterocycles. The SMILES string of the molecule is CCCCCNC(=O)n1nc(-c2ccc(Cl)cc2Cl)c(-c2ccc(Cl)cc2Cl)n1. The third-order valence-corrected chi connectivity index (χ3v) is 5.32. The van der Waals surface area contributed by atoms with Crippen LogP contribution < -0.4 is 5.32 Å². The number of unbranched alkanes of at least 4 members (excludes halogenated alkanes) is 2. The molecule has 0 spiro atoms. The van der Waals surface area contributed by atoms with Crippen molar-refractivity contribution in [2.45, 2.75) is 26.2 Å². The number of carbonyl (C=O) groups is 1. The maximum Gasteiger partial charge on any atom is 0.359 e. The highest BCUT2D eigenvalue weighted by Crippen LogP contribution is 2.38. The highest BCUT2D eigenvalue weighted by atomic mass is 35.5. The molecule has 5 nitrogen and oxygen atoms in total. The van der Waals surface area contributed by atoms with Crippen molar-refractivity contribution < 1.29 is 4.79 Å². The zero-order chi connectivity index (χ0) is 21.0. The van der Waals surface area contributed by atoms with E-state index in [0.717, 1.165) is 24.1 Å². The molecule has 0 radical (unpaired) electrons. The van der Waals surface area contributed by atoms with E-state index in [1.807, 2.05) is 0 Å². The van der Waals surface area contributed by atoms with E-state index in [1.54, 1.807) is 36.4 Å². The average Bonchev–Trinajstić information content (AvgIpc) is 3.10. The molecule has 0 aliphatic rings. The largest absolute Gasteiger partial charge is 0.359 e. The first kappa shape index (κ1) is 21.9. The van der Waals surface area contributed by atoms with E-state index in [-0.39, 0.29) is 0 Å². The summed E-state index contributed by atoms with van der Waals surface area (Å²) in [6, 6.07) is 9.63. The van der Waals surface area contributed by atoms with Crippen LogP contribution in [0.3, 0.4) is 0 Å². The van der Waals surface area contributed by atoms with Crippen LogP contribution in [0.5, 0.6) is 0 Å². The highest BCUT2D eigenvalue weighted by molar-refractivity contribution is 6.37. The molecular formula is C20H18Cl4N4O. The van der Waals surface area contributed by atoms with Gasteiger partial charge < -0.3 is 5.32 Å². The van der Waals surface area contributed by atoms with Gasteiger partial charge in [-0.15, -0.1) is 10.2 Å². The minimum atomic E-state index is -0.427. The van der Waals surface area contributed by atoms with Crippen LogP contribution in [0.2, 0.25) is 20.1 Å². The molecule has 0 unspecified atom stereocenters. The lowest BCUT2D eigenvalue weighted by Crippen LogP contribution is -2.31. The molecule has 0 fully saturated rings. The maximum absolute atomic E-state index is 12.5. The topological polar surface area (TPSA) is 59.8 Å². The smallest absolute Gasteiger partial charge is 0.335 e. The van der Waals surface area contributed by atoms with Crippen molar-refractivity contribution in [2.75, 3.05) is 6.54 Å². The van der Waals surface area contributed by atoms with Gasteiger partial charge in [0.25, 0.3) is 0 Å². The number of amides is 1. The summed E-state index contributed by atoms with van der Waals surface area (Å²) in [5, 5.41) is 13.3. The van der Waals surface area contributed by atoms with Gasteiger partial charge >= 0.3 is 6.03 Å². The van der Waals surface area contributed by atoms with Crippen LogP contribution >= 0.6 is 46.4 Å². The fourth-order valence-electron chi connectivity index (χ4n) is 2.76. The summed E-state index contributed by atoms with van der Waals surface area (Å²) in [5.74, 6) is 0. The average molecular weight is 472 g/mol. The number of rotatable bonds is 6. The second-order valence-electron chi connectivity index (χ2n) is 6.37. The molecule has 152 valence electrons. The Labute approximate surface area is 188 Å². The summed E-state index contributed by atoms with van der Waals surface area (Å²) in [6.07, 6.45) is 2.98. The second-order valence-corrected chi connectivity index (χ2v) is 8.06. The van der Waals surface area contributed by atoms with Crippen molar-refractivity contribution in [2.24, 2.45) is 0 Å². The maximum atomic E-state index is 12.5. The van der Waals surface area contributed by atoms with Crippen molar-refractivity contribution in [3.8, 4) is 22.5 Å². The van der Waals surface area contributed by atoms with Crippen LogP contribution in [0.15, 0.2) is 36.4 Å². The van der Waals surface area contributed by atoms with Crippen molar-refractivity contribution in [1.29, 1.82) is 0 Å². The van der Waals surface area contributed by atoms with Gasteiger partial charge in [0.15, 0.2) is 0 Å². The molecule has 9 heteroatoms. The summed E-state index contributed by atoms with van der Waals surface area (Å²) in [4.78, 5) is 13.6. The van der Waals surface area contributed by atoms with Gasteiger partial charge in [0.05, 0.1) is 10.0 Å². The number of nitrogens with zero attached hydrogens (tertiary/aromatic N) is 3. The molecule has 3 aromatic rings. The number of hydrogen-bond donors (Lipinski definition) is 1. The Morgan fingerprint density at radius 3 is 1.86 bits per heavy atom. The summed E-state index contributed by atoms with van der Waals surface area (Å²) < 4.78 is 0. The van der Waals surface area contributed by atoms with Gasteiger partial charge in [0.1, 0.15) is 11.4 Å². The first-order valence-electron chi connectivity index (χ1n) is 9.07. The number of carbonyl (C=O) groups excluding carboxylic acids is 1. The van der Waals surface area contributed by atoms with E-state index in [9.17, 15) is 4.79 Å². The molecule has 0 bridgehead atoms. The van der Waals surface area contributed by atoms with E-state index in [1.165, 1.54) is 0 Å². The van der Waals surface area contributed by atoms with Crippen LogP contribution in [0.25, 0.3) is 22.5 Å². The number of aromatic nitrogens is 3. The van der Waals surface area contributed by atoms with Gasteiger partial charge in [0, 0.05) is 27.7 Å². The third kappa shape index (κ3) is 5.23. The van der Waals surface area contributed by atoms with Crippen molar-refractivity contribution in [1.82, 2.24) is 20.3 Å². The predicted octanol–water partition coefficient (Wildman–Crippen LogP) is 6.97. The lowest BCUT2D eigenvalue weighted by atomic mass is 10.0. The zero-order valence-corrected chi connectivity index (χ0v) is 18.6. The first-order valence-corrected chi connectivity index (χ1v) is 10.6. The lowest BCUT2D eigenvalue weighted by Gasteiger charge is -2.06. The normalized spacial score (nSPS) is 10.9. The summed E-state index contributed by atoms with van der Waals surface area (Å²) in [6.45, 7) is 2.64. The van der Waals surface area contributed by atoms with Crippen molar-refractivity contribution in [3.63, 3.8) is 0 Å². The Bertz CT molecular complexity index is 966. The standard InChI is InChI=1S/C20H18Cl4N4O/c1-2-3-4-9-25-20(29)28-26-18(14-7-5-12(21)10-16(14)23)19(27-28)15-8-6-13(22)11-17(15)24/h5-8,10-11H,2-4,9H2,1H3,(H,25,29). The Kier molecular flexibility index (Phi) is 7.41. The summed E-state index contributed by atoms with van der Waals surface area (Å²) in [7, 11) is 0. The van der Waals surface area contributed by atoms with Crippen LogP contribution in [-0.2, 0) is 0 Å². The zero-order valence-electron chi connectivity index (χ0n) is 15.6. The van der Waals surface area contributed by atoms with Crippen LogP contribution in [-0.4, -0.2) is 27.6 Å². The fraction of sp³-hybridized carbons (Fsp3) is 0.250. The molecule has 1 amide bonds. The molecule has 3 rings (SSSR count). The van der Waals surface area contributed by atoms with E-state index in [2.05, 4.69) is 22.4 Å². The van der Waals surface area contributed by atoms with Gasteiger partial charge in [-0.25, -0.2) is 4.79 Å². The van der Waals surface area contributed by atoms with Gasteiger partial charge in [0.2, 0.25) is 0 Å². The van der Waals surface area contributed by atoms with Gasteiger partial charge in [-0.2, -0.15) is 0 Å². The van der Waals surface area contributed by atoms with E-state index in [0.29, 0.717) is 49.2 Å². The van der Waals surface area contributed by atoms with Gasteiger partial charge in [-0.1, -0.05) is 71.0 Å². The Balaban J connectivity index is 2.05. The molecule has 0 atom stereocenters. The Morgan fingerprint density at radius 1 is 0.897 bits per heavy atom. The quantitative estimate of drug-likeness (QED) is 0.394. The third-order valence-electron chi connectivity index (χ3n) is 4.22. The Hall–Kier alpha value is -1.79. The van der Waals surface area contributed by atoms with Crippen molar-refractivity contribution in [3.05, 3.63) is 56.5 Å². The first-order chi connectivity index (χ1) is 13.9. The van der Waals surface area contributed by atoms with E-state index in [4.69, 9.17) is 46.4 Å². The molecule has 0 saturated heterocycles. The van der Waals surface area contributed by atoms with Gasteiger partial charge in [-0.3, -0.25) is 0 Å². The van der Waals surface area contributed by atoms with Crippen LogP contribution in [0, 0.1) is 0 Å². The molecule has 1 N–H and O–H groups in total. The molecule has 0 aliphatic carbocycles. The molecule has 29 heavy (non-hydrogen) atoms. The monoisotopic (exact) mass is 470 g/mol. The van der Waals surface area contributed by atoms with Crippen LogP contribution in [0.4, 0.5) is 4.79 Å². The molecule has 1 aromatic heterocycles. The molecule has 0 saturated carbocycles. The number of benzene rings is 2. The summed E-state index contributed by atoms with van der Waals surface area (Å²) >= 11 is 24.8. The van der Waals surface area contributed by atoms with Crippen LogP contribution in [0.1, 0.15) is 26.2 Å². The molecule has 0 aliphatic heterocycles. The lowest BCUT2D eigenvalue weighted by molar-refractivity contribution is 0.236. The fourth-order valence-corrected chi connectivity index (χ4v) is 3.76. The number of halogens is 4. The van der Waals surface area contributed by atoms with Crippen molar-refractivity contribution >= 4 is 52.4 Å². The molecule has 2 aromatic carbocycles. The minimum absolute atomic E-state index is 0.388. The number of hydrogen-bond acceptors (Lipinski definition) is 3. The molecular weight excluding hydrogens is 454 g/mol. The Morgan fingerprint density at radius 2 is 1.41 bits per heavy atom. The van der Waals surface area contributed by atoms with E-state index >= 15 is 0 Å². The predicted molar refractivity (Wildman–Crippen MR) is 119 cm³/mol. The number of nitrogens with one attached hydrogen (secondary N) is 1.